The number of urea groups is 1. The summed E-state index contributed by atoms with van der Waals surface area (Å²) in [5.74, 6) is 0. The van der Waals surface area contributed by atoms with Crippen molar-refractivity contribution in [3.8, 4) is 0 Å². The zero-order valence-corrected chi connectivity index (χ0v) is 8.66. The zero-order chi connectivity index (χ0) is 10.6. The molecule has 1 rings (SSSR count). The number of anilines is 1. The largest absolute Gasteiger partial charge is 0.336 e. The molecule has 4 heteroatoms. The molecule has 0 saturated heterocycles. The maximum absolute atomic E-state index is 11.3. The van der Waals surface area contributed by atoms with E-state index < -0.39 is 0 Å². The summed E-state index contributed by atoms with van der Waals surface area (Å²) in [6, 6.07) is 1.80. The molecule has 0 atom stereocenters. The second-order valence-corrected chi connectivity index (χ2v) is 3.50. The molecule has 0 aromatic carbocycles. The van der Waals surface area contributed by atoms with Crippen LogP contribution in [0.4, 0.5) is 10.5 Å². The number of nitrogens with one attached hydrogen (secondary N) is 2. The molecule has 0 unspecified atom stereocenters. The molecule has 1 aromatic rings. The number of carbonyl (C=O) groups is 1. The lowest BCUT2D eigenvalue weighted by Gasteiger charge is -2.09. The van der Waals surface area contributed by atoms with Crippen molar-refractivity contribution < 1.29 is 4.79 Å². The minimum Gasteiger partial charge on any atom is -0.336 e. The molecule has 76 valence electrons. The van der Waals surface area contributed by atoms with Gasteiger partial charge in [-0.15, -0.1) is 0 Å². The maximum atomic E-state index is 11.3. The molecular weight excluding hydrogens is 178 g/mol. The van der Waals surface area contributed by atoms with Gasteiger partial charge >= 0.3 is 6.03 Å². The number of aromatic nitrogens is 1. The van der Waals surface area contributed by atoms with E-state index in [4.69, 9.17) is 0 Å². The van der Waals surface area contributed by atoms with E-state index in [2.05, 4.69) is 15.6 Å². The molecule has 1 heterocycles. The van der Waals surface area contributed by atoms with Crippen molar-refractivity contribution >= 4 is 11.7 Å². The Morgan fingerprint density at radius 2 is 2.14 bits per heavy atom. The molecule has 0 aliphatic rings. The molecule has 0 radical (unpaired) electrons. The van der Waals surface area contributed by atoms with E-state index in [-0.39, 0.29) is 12.1 Å². The van der Waals surface area contributed by atoms with Crippen LogP contribution in [0.1, 0.15) is 19.4 Å². The van der Waals surface area contributed by atoms with Gasteiger partial charge in [-0.1, -0.05) is 0 Å². The van der Waals surface area contributed by atoms with Crippen LogP contribution < -0.4 is 10.6 Å². The average molecular weight is 193 g/mol. The molecule has 14 heavy (non-hydrogen) atoms. The van der Waals surface area contributed by atoms with Crippen LogP contribution in [0.5, 0.6) is 0 Å². The number of rotatable bonds is 2. The first kappa shape index (κ1) is 10.5. The van der Waals surface area contributed by atoms with E-state index in [1.807, 2.05) is 26.8 Å². The van der Waals surface area contributed by atoms with E-state index in [1.165, 1.54) is 0 Å². The van der Waals surface area contributed by atoms with Crippen LogP contribution in [0.2, 0.25) is 0 Å². The number of carbonyl (C=O) groups excluding carboxylic acids is 1. The molecule has 2 amide bonds. The highest BCUT2D eigenvalue weighted by atomic mass is 16.2. The average Bonchev–Trinajstić information content (AvgIpc) is 2.01. The molecule has 0 fully saturated rings. The van der Waals surface area contributed by atoms with Crippen molar-refractivity contribution in [2.24, 2.45) is 0 Å². The van der Waals surface area contributed by atoms with Gasteiger partial charge in [-0.2, -0.15) is 0 Å². The minimum atomic E-state index is -0.201. The molecule has 0 aliphatic carbocycles. The minimum absolute atomic E-state index is 0.132. The van der Waals surface area contributed by atoms with Crippen LogP contribution in [0.3, 0.4) is 0 Å². The number of aryl methyl sites for hydroxylation is 1. The first-order valence-electron chi connectivity index (χ1n) is 4.57. The highest BCUT2D eigenvalue weighted by Gasteiger charge is 2.02. The predicted octanol–water partition coefficient (Wildman–Crippen LogP) is 1.92. The van der Waals surface area contributed by atoms with E-state index >= 15 is 0 Å². The van der Waals surface area contributed by atoms with E-state index in [0.29, 0.717) is 5.69 Å². The molecule has 4 nitrogen and oxygen atoms in total. The van der Waals surface area contributed by atoms with Crippen LogP contribution in [0, 0.1) is 6.92 Å². The van der Waals surface area contributed by atoms with Crippen molar-refractivity contribution in [1.29, 1.82) is 0 Å². The summed E-state index contributed by atoms with van der Waals surface area (Å²) in [4.78, 5) is 15.3. The Morgan fingerprint density at radius 1 is 1.43 bits per heavy atom. The van der Waals surface area contributed by atoms with Gasteiger partial charge in [0, 0.05) is 12.2 Å². The highest BCUT2D eigenvalue weighted by molar-refractivity contribution is 5.89. The van der Waals surface area contributed by atoms with Crippen molar-refractivity contribution in [3.05, 3.63) is 24.0 Å². The molecule has 1 aromatic heterocycles. The van der Waals surface area contributed by atoms with Crippen molar-refractivity contribution in [1.82, 2.24) is 10.3 Å². The summed E-state index contributed by atoms with van der Waals surface area (Å²) in [7, 11) is 0. The Balaban J connectivity index is 2.56. The van der Waals surface area contributed by atoms with Gasteiger partial charge < -0.3 is 10.6 Å². The SMILES string of the molecule is Cc1cncc(NC(=O)NC(C)C)c1. The normalized spacial score (nSPS) is 10.0. The fraction of sp³-hybridized carbons (Fsp3) is 0.400. The summed E-state index contributed by atoms with van der Waals surface area (Å²) in [5, 5.41) is 5.43. The quantitative estimate of drug-likeness (QED) is 0.754. The van der Waals surface area contributed by atoms with Crippen LogP contribution in [0.25, 0.3) is 0 Å². The molecule has 0 bridgehead atoms. The van der Waals surface area contributed by atoms with Gasteiger partial charge in [-0.25, -0.2) is 4.79 Å². The molecule has 0 saturated carbocycles. The number of amides is 2. The first-order valence-corrected chi connectivity index (χ1v) is 4.57. The summed E-state index contributed by atoms with van der Waals surface area (Å²) in [5.41, 5.74) is 1.73. The van der Waals surface area contributed by atoms with Gasteiger partial charge in [-0.05, 0) is 32.4 Å². The standard InChI is InChI=1S/C10H15N3O/c1-7(2)12-10(14)13-9-4-8(3)5-11-6-9/h4-7H,1-3H3,(H2,12,13,14). The summed E-state index contributed by atoms with van der Waals surface area (Å²) in [6.07, 6.45) is 3.36. The van der Waals surface area contributed by atoms with Crippen molar-refractivity contribution in [3.63, 3.8) is 0 Å². The fourth-order valence-corrected chi connectivity index (χ4v) is 1.05. The highest BCUT2D eigenvalue weighted by Crippen LogP contribution is 2.06. The molecule has 0 spiro atoms. The number of pyridine rings is 1. The van der Waals surface area contributed by atoms with Gasteiger partial charge in [0.15, 0.2) is 0 Å². The number of hydrogen-bond donors (Lipinski definition) is 2. The molecule has 0 aliphatic heterocycles. The Kier molecular flexibility index (Phi) is 3.45. The number of nitrogens with zero attached hydrogens (tertiary/aromatic N) is 1. The monoisotopic (exact) mass is 193 g/mol. The van der Waals surface area contributed by atoms with Gasteiger partial charge in [0.2, 0.25) is 0 Å². The smallest absolute Gasteiger partial charge is 0.319 e. The fourth-order valence-electron chi connectivity index (χ4n) is 1.05. The van der Waals surface area contributed by atoms with Gasteiger partial charge in [0.25, 0.3) is 0 Å². The van der Waals surface area contributed by atoms with Crippen LogP contribution in [-0.2, 0) is 0 Å². The van der Waals surface area contributed by atoms with E-state index in [9.17, 15) is 4.79 Å². The van der Waals surface area contributed by atoms with Crippen molar-refractivity contribution in [2.45, 2.75) is 26.8 Å². The van der Waals surface area contributed by atoms with Gasteiger partial charge in [0.1, 0.15) is 0 Å². The lowest BCUT2D eigenvalue weighted by atomic mass is 10.3. The first-order chi connectivity index (χ1) is 6.58. The lowest BCUT2D eigenvalue weighted by molar-refractivity contribution is 0.250. The third kappa shape index (κ3) is 3.43. The van der Waals surface area contributed by atoms with Gasteiger partial charge in [-0.3, -0.25) is 4.98 Å². The Labute approximate surface area is 83.7 Å². The molecular formula is C10H15N3O. The van der Waals surface area contributed by atoms with E-state index in [0.717, 1.165) is 5.56 Å². The molecule has 2 N–H and O–H groups in total. The van der Waals surface area contributed by atoms with Crippen molar-refractivity contribution in [2.75, 3.05) is 5.32 Å². The summed E-state index contributed by atoms with van der Waals surface area (Å²) < 4.78 is 0. The predicted molar refractivity (Wildman–Crippen MR) is 56.3 cm³/mol. The van der Waals surface area contributed by atoms with Crippen LogP contribution in [-0.4, -0.2) is 17.1 Å². The maximum Gasteiger partial charge on any atom is 0.319 e. The topological polar surface area (TPSA) is 54.0 Å². The second kappa shape index (κ2) is 4.60. The number of hydrogen-bond acceptors (Lipinski definition) is 2. The Morgan fingerprint density at radius 3 is 2.71 bits per heavy atom. The van der Waals surface area contributed by atoms with Crippen LogP contribution in [0.15, 0.2) is 18.5 Å². The third-order valence-corrected chi connectivity index (χ3v) is 1.55. The Hall–Kier alpha value is -1.58. The zero-order valence-electron chi connectivity index (χ0n) is 8.66. The van der Waals surface area contributed by atoms with E-state index in [1.54, 1.807) is 12.4 Å². The second-order valence-electron chi connectivity index (χ2n) is 3.50. The summed E-state index contributed by atoms with van der Waals surface area (Å²) >= 11 is 0. The lowest BCUT2D eigenvalue weighted by Crippen LogP contribution is -2.34. The summed E-state index contributed by atoms with van der Waals surface area (Å²) in [6.45, 7) is 5.75. The Bertz CT molecular complexity index is 323. The van der Waals surface area contributed by atoms with Crippen LogP contribution >= 0.6 is 0 Å². The third-order valence-electron chi connectivity index (χ3n) is 1.55. The van der Waals surface area contributed by atoms with Gasteiger partial charge in [0.05, 0.1) is 11.9 Å².